The average molecular weight is 278 g/mol. The van der Waals surface area contributed by atoms with Gasteiger partial charge in [0, 0.05) is 12.1 Å². The molecule has 92 valence electrons. The van der Waals surface area contributed by atoms with Crippen molar-refractivity contribution in [1.29, 1.82) is 0 Å². The topological polar surface area (TPSA) is 20.3 Å². The normalized spacial score (nSPS) is 18.9. The van der Waals surface area contributed by atoms with Gasteiger partial charge in [-0.15, -0.1) is 11.3 Å². The number of carbonyl (C=O) groups excluding carboxylic acids is 1. The maximum atomic E-state index is 10.9. The monoisotopic (exact) mass is 277 g/mol. The summed E-state index contributed by atoms with van der Waals surface area (Å²) < 4.78 is 0.714. The Balaban J connectivity index is 2.11. The summed E-state index contributed by atoms with van der Waals surface area (Å²) in [5.74, 6) is 0. The van der Waals surface area contributed by atoms with Gasteiger partial charge >= 0.3 is 0 Å². The first kappa shape index (κ1) is 11.9. The SMILES string of the molecule is CN1Cc2ccccc2C1c1cc(C=O)sc1Cl. The lowest BCUT2D eigenvalue weighted by Gasteiger charge is -2.19. The zero-order valence-electron chi connectivity index (χ0n) is 9.89. The summed E-state index contributed by atoms with van der Waals surface area (Å²) in [5, 5.41) is 0. The van der Waals surface area contributed by atoms with E-state index in [1.807, 2.05) is 12.1 Å². The van der Waals surface area contributed by atoms with Gasteiger partial charge < -0.3 is 0 Å². The summed E-state index contributed by atoms with van der Waals surface area (Å²) in [6, 6.07) is 10.5. The molecule has 3 rings (SSSR count). The van der Waals surface area contributed by atoms with Crippen LogP contribution in [0.4, 0.5) is 0 Å². The van der Waals surface area contributed by atoms with Crippen molar-refractivity contribution in [3.63, 3.8) is 0 Å². The standard InChI is InChI=1S/C14H12ClNOS/c1-16-7-9-4-2-3-5-11(9)13(16)12-6-10(8-17)18-14(12)15/h2-6,8,13H,7H2,1H3. The van der Waals surface area contributed by atoms with Gasteiger partial charge in [0.1, 0.15) is 0 Å². The van der Waals surface area contributed by atoms with E-state index in [1.54, 1.807) is 0 Å². The molecule has 4 heteroatoms. The van der Waals surface area contributed by atoms with Crippen LogP contribution in [0.15, 0.2) is 30.3 Å². The number of nitrogens with zero attached hydrogens (tertiary/aromatic N) is 1. The number of hydrogen-bond acceptors (Lipinski definition) is 3. The van der Waals surface area contributed by atoms with Gasteiger partial charge in [-0.05, 0) is 24.2 Å². The van der Waals surface area contributed by atoms with E-state index in [-0.39, 0.29) is 6.04 Å². The predicted octanol–water partition coefficient (Wildman–Crippen LogP) is 3.75. The van der Waals surface area contributed by atoms with Gasteiger partial charge in [0.05, 0.1) is 15.3 Å². The highest BCUT2D eigenvalue weighted by atomic mass is 35.5. The molecule has 0 saturated heterocycles. The molecule has 1 aromatic heterocycles. The van der Waals surface area contributed by atoms with Gasteiger partial charge in [-0.1, -0.05) is 35.9 Å². The third-order valence-electron chi connectivity index (χ3n) is 3.35. The third-order valence-corrected chi connectivity index (χ3v) is 4.67. The Morgan fingerprint density at radius 1 is 1.39 bits per heavy atom. The number of halogens is 1. The summed E-state index contributed by atoms with van der Waals surface area (Å²) in [7, 11) is 2.08. The number of benzene rings is 1. The van der Waals surface area contributed by atoms with Crippen molar-refractivity contribution in [2.24, 2.45) is 0 Å². The molecule has 1 aliphatic rings. The lowest BCUT2D eigenvalue weighted by Crippen LogP contribution is -2.17. The van der Waals surface area contributed by atoms with Gasteiger partial charge in [-0.3, -0.25) is 9.69 Å². The van der Waals surface area contributed by atoms with Crippen LogP contribution >= 0.6 is 22.9 Å². The molecule has 2 aromatic rings. The molecule has 1 atom stereocenters. The fraction of sp³-hybridized carbons (Fsp3) is 0.214. The molecular formula is C14H12ClNOS. The minimum Gasteiger partial charge on any atom is -0.297 e. The van der Waals surface area contributed by atoms with Crippen LogP contribution in [0.25, 0.3) is 0 Å². The second kappa shape index (κ2) is 4.50. The van der Waals surface area contributed by atoms with Crippen LogP contribution in [0.2, 0.25) is 4.34 Å². The van der Waals surface area contributed by atoms with Gasteiger partial charge in [0.2, 0.25) is 0 Å². The van der Waals surface area contributed by atoms with Crippen LogP contribution in [-0.2, 0) is 6.54 Å². The second-order valence-corrected chi connectivity index (χ2v) is 6.20. The Hall–Kier alpha value is -1.16. The van der Waals surface area contributed by atoms with Gasteiger partial charge in [0.25, 0.3) is 0 Å². The van der Waals surface area contributed by atoms with Crippen LogP contribution in [0.1, 0.15) is 32.4 Å². The minimum atomic E-state index is 0.165. The third kappa shape index (κ3) is 1.79. The van der Waals surface area contributed by atoms with Crippen molar-refractivity contribution in [3.8, 4) is 0 Å². The zero-order valence-corrected chi connectivity index (χ0v) is 11.5. The first-order chi connectivity index (χ1) is 8.70. The van der Waals surface area contributed by atoms with Gasteiger partial charge in [0.15, 0.2) is 6.29 Å². The van der Waals surface area contributed by atoms with Crippen LogP contribution in [0.5, 0.6) is 0 Å². The highest BCUT2D eigenvalue weighted by molar-refractivity contribution is 7.17. The van der Waals surface area contributed by atoms with Crippen molar-refractivity contribution in [2.45, 2.75) is 12.6 Å². The fourth-order valence-corrected chi connectivity index (χ4v) is 3.75. The minimum absolute atomic E-state index is 0.165. The quantitative estimate of drug-likeness (QED) is 0.779. The molecule has 0 spiro atoms. The molecule has 0 bridgehead atoms. The number of thiophene rings is 1. The predicted molar refractivity (Wildman–Crippen MR) is 74.5 cm³/mol. The molecule has 0 amide bonds. The van der Waals surface area contributed by atoms with Gasteiger partial charge in [-0.25, -0.2) is 0 Å². The molecule has 2 nitrogen and oxygen atoms in total. The molecule has 18 heavy (non-hydrogen) atoms. The van der Waals surface area contributed by atoms with E-state index in [0.717, 1.165) is 18.4 Å². The molecule has 0 saturated carbocycles. The van der Waals surface area contributed by atoms with E-state index in [2.05, 4.69) is 30.1 Å². The maximum absolute atomic E-state index is 10.9. The first-order valence-corrected chi connectivity index (χ1v) is 6.92. The van der Waals surface area contributed by atoms with Crippen molar-refractivity contribution in [1.82, 2.24) is 4.90 Å². The van der Waals surface area contributed by atoms with E-state index < -0.39 is 0 Å². The van der Waals surface area contributed by atoms with E-state index in [4.69, 9.17) is 11.6 Å². The summed E-state index contributed by atoms with van der Waals surface area (Å²) in [6.07, 6.45) is 0.862. The number of fused-ring (bicyclic) bond motifs is 1. The Morgan fingerprint density at radius 3 is 2.89 bits per heavy atom. The number of carbonyl (C=O) groups is 1. The Kier molecular flexibility index (Phi) is 2.98. The van der Waals surface area contributed by atoms with Crippen molar-refractivity contribution in [3.05, 3.63) is 56.2 Å². The smallest absolute Gasteiger partial charge is 0.160 e. The number of hydrogen-bond donors (Lipinski definition) is 0. The van der Waals surface area contributed by atoms with E-state index in [0.29, 0.717) is 9.21 Å². The largest absolute Gasteiger partial charge is 0.297 e. The van der Waals surface area contributed by atoms with Crippen molar-refractivity contribution in [2.75, 3.05) is 7.05 Å². The summed E-state index contributed by atoms with van der Waals surface area (Å²) in [5.41, 5.74) is 3.66. The van der Waals surface area contributed by atoms with Crippen molar-refractivity contribution >= 4 is 29.2 Å². The lowest BCUT2D eigenvalue weighted by atomic mass is 10.0. The summed E-state index contributed by atoms with van der Waals surface area (Å²) in [4.78, 5) is 13.8. The molecule has 1 aliphatic heterocycles. The number of rotatable bonds is 2. The summed E-state index contributed by atoms with van der Waals surface area (Å²) >= 11 is 7.62. The lowest BCUT2D eigenvalue weighted by molar-refractivity contribution is 0.112. The molecule has 0 N–H and O–H groups in total. The zero-order chi connectivity index (χ0) is 12.7. The average Bonchev–Trinajstić information content (AvgIpc) is 2.88. The molecule has 0 aliphatic carbocycles. The van der Waals surface area contributed by atoms with Crippen LogP contribution in [0.3, 0.4) is 0 Å². The summed E-state index contributed by atoms with van der Waals surface area (Å²) in [6.45, 7) is 0.920. The highest BCUT2D eigenvalue weighted by Gasteiger charge is 2.30. The highest BCUT2D eigenvalue weighted by Crippen LogP contribution is 2.42. The Morgan fingerprint density at radius 2 is 2.17 bits per heavy atom. The van der Waals surface area contributed by atoms with Crippen LogP contribution < -0.4 is 0 Å². The van der Waals surface area contributed by atoms with E-state index in [9.17, 15) is 4.79 Å². The van der Waals surface area contributed by atoms with Gasteiger partial charge in [-0.2, -0.15) is 0 Å². The van der Waals surface area contributed by atoms with Crippen molar-refractivity contribution < 1.29 is 4.79 Å². The molecule has 1 aromatic carbocycles. The Bertz CT molecular complexity index is 608. The molecule has 0 radical (unpaired) electrons. The van der Waals surface area contributed by atoms with Crippen LogP contribution in [-0.4, -0.2) is 18.2 Å². The van der Waals surface area contributed by atoms with Crippen LogP contribution in [0, 0.1) is 0 Å². The molecule has 2 heterocycles. The fourth-order valence-electron chi connectivity index (χ4n) is 2.59. The van der Waals surface area contributed by atoms with E-state index in [1.165, 1.54) is 22.5 Å². The second-order valence-electron chi connectivity index (χ2n) is 4.51. The van der Waals surface area contributed by atoms with E-state index >= 15 is 0 Å². The molecular weight excluding hydrogens is 266 g/mol. The molecule has 0 fully saturated rings. The number of aldehydes is 1. The maximum Gasteiger partial charge on any atom is 0.160 e. The first-order valence-electron chi connectivity index (χ1n) is 5.73. The molecule has 1 unspecified atom stereocenters. The Labute approximate surface area is 115 Å².